The van der Waals surface area contributed by atoms with Crippen LogP contribution in [0.3, 0.4) is 0 Å². The van der Waals surface area contributed by atoms with Crippen LogP contribution in [0.4, 0.5) is 10.1 Å². The number of hydrogen-bond donors (Lipinski definition) is 2. The van der Waals surface area contributed by atoms with E-state index in [9.17, 15) is 17.6 Å². The largest absolute Gasteiger partial charge is 0.478 e. The highest BCUT2D eigenvalue weighted by molar-refractivity contribution is 7.92. The normalized spacial score (nSPS) is 11.1. The molecule has 0 saturated heterocycles. The quantitative estimate of drug-likeness (QED) is 0.900. The predicted molar refractivity (Wildman–Crippen MR) is 73.1 cm³/mol. The maximum absolute atomic E-state index is 13.3. The molecule has 0 fully saturated rings. The smallest absolute Gasteiger partial charge is 0.338 e. The molecule has 0 saturated carbocycles. The molecular weight excluding hydrogens is 299 g/mol. The first-order chi connectivity index (χ1) is 9.79. The number of sulfonamides is 1. The van der Waals surface area contributed by atoms with Crippen molar-refractivity contribution in [3.05, 3.63) is 53.6 Å². The second kappa shape index (κ2) is 5.49. The van der Waals surface area contributed by atoms with Gasteiger partial charge in [-0.05, 0) is 36.8 Å². The van der Waals surface area contributed by atoms with Gasteiger partial charge in [0.1, 0.15) is 5.82 Å². The number of hydrogen-bond acceptors (Lipinski definition) is 4. The molecule has 1 aromatic carbocycles. The van der Waals surface area contributed by atoms with E-state index in [0.717, 1.165) is 23.8 Å². The lowest BCUT2D eigenvalue weighted by Gasteiger charge is -2.09. The van der Waals surface area contributed by atoms with E-state index in [1.54, 1.807) is 19.2 Å². The van der Waals surface area contributed by atoms with Gasteiger partial charge in [0.05, 0.1) is 22.3 Å². The minimum atomic E-state index is -4.02. The van der Waals surface area contributed by atoms with E-state index in [4.69, 9.17) is 5.11 Å². The number of carbonyl (C=O) groups is 1. The zero-order chi connectivity index (χ0) is 15.6. The van der Waals surface area contributed by atoms with Crippen molar-refractivity contribution in [2.75, 3.05) is 4.72 Å². The molecule has 0 aliphatic carbocycles. The molecule has 2 rings (SSSR count). The monoisotopic (exact) mass is 310 g/mol. The van der Waals surface area contributed by atoms with Gasteiger partial charge in [-0.2, -0.15) is 0 Å². The standard InChI is InChI=1S/C13H11FN2O4S/c1-8-4-9(7-15-6-8)16-21(19,20)10-2-3-12(14)11(5-10)13(17)18/h2-7,16H,1H3,(H,17,18). The van der Waals surface area contributed by atoms with Crippen molar-refractivity contribution in [1.29, 1.82) is 0 Å². The molecule has 0 aliphatic rings. The molecular formula is C13H11FN2O4S. The molecule has 21 heavy (non-hydrogen) atoms. The van der Waals surface area contributed by atoms with Crippen molar-refractivity contribution in [2.24, 2.45) is 0 Å². The van der Waals surface area contributed by atoms with E-state index in [1.807, 2.05) is 0 Å². The summed E-state index contributed by atoms with van der Waals surface area (Å²) in [5, 5.41) is 8.82. The molecule has 0 amide bonds. The Morgan fingerprint density at radius 1 is 1.29 bits per heavy atom. The van der Waals surface area contributed by atoms with Crippen LogP contribution < -0.4 is 4.72 Å². The molecule has 1 aromatic heterocycles. The summed E-state index contributed by atoms with van der Waals surface area (Å²) in [7, 11) is -4.02. The lowest BCUT2D eigenvalue weighted by Crippen LogP contribution is -2.14. The number of carboxylic acids is 1. The van der Waals surface area contributed by atoms with Gasteiger partial charge in [0, 0.05) is 6.20 Å². The van der Waals surface area contributed by atoms with Gasteiger partial charge in [0.15, 0.2) is 0 Å². The van der Waals surface area contributed by atoms with Crippen molar-refractivity contribution < 1.29 is 22.7 Å². The fraction of sp³-hybridized carbons (Fsp3) is 0.0769. The summed E-state index contributed by atoms with van der Waals surface area (Å²) in [6, 6.07) is 4.12. The molecule has 0 atom stereocenters. The van der Waals surface area contributed by atoms with Gasteiger partial charge in [-0.3, -0.25) is 9.71 Å². The second-order valence-electron chi connectivity index (χ2n) is 4.30. The van der Waals surface area contributed by atoms with Gasteiger partial charge < -0.3 is 5.11 Å². The Morgan fingerprint density at radius 2 is 2.00 bits per heavy atom. The molecule has 0 spiro atoms. The molecule has 2 aromatic rings. The van der Waals surface area contributed by atoms with Crippen molar-refractivity contribution in [3.8, 4) is 0 Å². The van der Waals surface area contributed by atoms with Crippen molar-refractivity contribution >= 4 is 21.7 Å². The molecule has 0 radical (unpaired) electrons. The summed E-state index contributed by atoms with van der Waals surface area (Å²) in [4.78, 5) is 14.3. The number of nitrogens with zero attached hydrogens (tertiary/aromatic N) is 1. The average Bonchev–Trinajstić information content (AvgIpc) is 2.38. The first-order valence-corrected chi connectivity index (χ1v) is 7.25. The van der Waals surface area contributed by atoms with Gasteiger partial charge in [-0.15, -0.1) is 0 Å². The number of benzene rings is 1. The Labute approximate surface area is 120 Å². The second-order valence-corrected chi connectivity index (χ2v) is 5.99. The highest BCUT2D eigenvalue weighted by Gasteiger charge is 2.19. The highest BCUT2D eigenvalue weighted by Crippen LogP contribution is 2.19. The lowest BCUT2D eigenvalue weighted by atomic mass is 10.2. The number of halogens is 1. The van der Waals surface area contributed by atoms with E-state index in [-0.39, 0.29) is 10.6 Å². The van der Waals surface area contributed by atoms with E-state index in [0.29, 0.717) is 0 Å². The predicted octanol–water partition coefficient (Wildman–Crippen LogP) is 2.03. The fourth-order valence-electron chi connectivity index (χ4n) is 1.66. The van der Waals surface area contributed by atoms with Crippen LogP contribution >= 0.6 is 0 Å². The van der Waals surface area contributed by atoms with E-state index in [1.165, 1.54) is 6.20 Å². The first-order valence-electron chi connectivity index (χ1n) is 5.77. The van der Waals surface area contributed by atoms with E-state index >= 15 is 0 Å². The molecule has 0 aliphatic heterocycles. The van der Waals surface area contributed by atoms with Gasteiger partial charge in [0.2, 0.25) is 0 Å². The van der Waals surface area contributed by atoms with Crippen LogP contribution in [0.25, 0.3) is 0 Å². The Hall–Kier alpha value is -2.48. The molecule has 0 unspecified atom stereocenters. The SMILES string of the molecule is Cc1cncc(NS(=O)(=O)c2ccc(F)c(C(=O)O)c2)c1. The number of carboxylic acid groups (broad SMARTS) is 1. The summed E-state index contributed by atoms with van der Waals surface area (Å²) in [5.41, 5.74) is 0.275. The highest BCUT2D eigenvalue weighted by atomic mass is 32.2. The summed E-state index contributed by atoms with van der Waals surface area (Å²) < 4.78 is 39.8. The fourth-order valence-corrected chi connectivity index (χ4v) is 2.72. The van der Waals surface area contributed by atoms with Crippen LogP contribution in [0.5, 0.6) is 0 Å². The van der Waals surface area contributed by atoms with Crippen molar-refractivity contribution in [1.82, 2.24) is 4.98 Å². The van der Waals surface area contributed by atoms with Crippen molar-refractivity contribution in [3.63, 3.8) is 0 Å². The first kappa shape index (κ1) is 14.9. The number of anilines is 1. The number of aromatic carboxylic acids is 1. The summed E-state index contributed by atoms with van der Waals surface area (Å²) in [6.07, 6.45) is 2.87. The summed E-state index contributed by atoms with van der Waals surface area (Å²) in [5.74, 6) is -2.54. The molecule has 1 heterocycles. The van der Waals surface area contributed by atoms with E-state index < -0.39 is 27.4 Å². The third kappa shape index (κ3) is 3.34. The number of pyridine rings is 1. The lowest BCUT2D eigenvalue weighted by molar-refractivity contribution is 0.0691. The number of aryl methyl sites for hydroxylation is 1. The average molecular weight is 310 g/mol. The molecule has 0 bridgehead atoms. The van der Waals surface area contributed by atoms with Gasteiger partial charge in [-0.1, -0.05) is 0 Å². The van der Waals surface area contributed by atoms with Crippen LogP contribution in [0.15, 0.2) is 41.6 Å². The Kier molecular flexibility index (Phi) is 3.90. The molecule has 110 valence electrons. The molecule has 8 heteroatoms. The minimum Gasteiger partial charge on any atom is -0.478 e. The Balaban J connectivity index is 2.40. The number of aromatic nitrogens is 1. The minimum absolute atomic E-state index is 0.233. The topological polar surface area (TPSA) is 96.4 Å². The summed E-state index contributed by atoms with van der Waals surface area (Å²) >= 11 is 0. The third-order valence-electron chi connectivity index (χ3n) is 2.61. The van der Waals surface area contributed by atoms with Gasteiger partial charge in [0.25, 0.3) is 10.0 Å². The Morgan fingerprint density at radius 3 is 2.62 bits per heavy atom. The van der Waals surface area contributed by atoms with Gasteiger partial charge in [-0.25, -0.2) is 17.6 Å². The van der Waals surface area contributed by atoms with Crippen LogP contribution in [0.1, 0.15) is 15.9 Å². The van der Waals surface area contributed by atoms with Crippen LogP contribution in [0, 0.1) is 12.7 Å². The van der Waals surface area contributed by atoms with E-state index in [2.05, 4.69) is 9.71 Å². The van der Waals surface area contributed by atoms with Crippen LogP contribution in [0.2, 0.25) is 0 Å². The van der Waals surface area contributed by atoms with Crippen LogP contribution in [-0.2, 0) is 10.0 Å². The Bertz CT molecular complexity index is 806. The van der Waals surface area contributed by atoms with Crippen molar-refractivity contribution in [2.45, 2.75) is 11.8 Å². The zero-order valence-corrected chi connectivity index (χ0v) is 11.7. The van der Waals surface area contributed by atoms with Gasteiger partial charge >= 0.3 is 5.97 Å². The molecule has 6 nitrogen and oxygen atoms in total. The third-order valence-corrected chi connectivity index (χ3v) is 3.98. The summed E-state index contributed by atoms with van der Waals surface area (Å²) in [6.45, 7) is 1.74. The zero-order valence-electron chi connectivity index (χ0n) is 10.9. The number of rotatable bonds is 4. The van der Waals surface area contributed by atoms with Crippen LogP contribution in [-0.4, -0.2) is 24.5 Å². The maximum atomic E-state index is 13.3. The maximum Gasteiger partial charge on any atom is 0.338 e. The molecule has 2 N–H and O–H groups in total. The number of nitrogens with one attached hydrogen (secondary N) is 1.